The molecular weight excluding hydrogens is 247 g/mol. The van der Waals surface area contributed by atoms with Crippen LogP contribution in [-0.2, 0) is 14.8 Å². The molecule has 98 valence electrons. The van der Waals surface area contributed by atoms with E-state index in [9.17, 15) is 17.6 Å². The Morgan fingerprint density at radius 2 is 2.18 bits per heavy atom. The average Bonchev–Trinajstić information content (AvgIpc) is 2.90. The monoisotopic (exact) mass is 264 g/mol. The average molecular weight is 264 g/mol. The van der Waals surface area contributed by atoms with Crippen LogP contribution in [0.2, 0.25) is 0 Å². The van der Waals surface area contributed by atoms with E-state index in [1.165, 1.54) is 0 Å². The standard InChI is InChI=1S/C10H17FN2O3S/c1-4-9(12-6(2)11)7-5-8(7)10(14)13-17(3,15)16/h7-9,12H,2,4-5H2,1,3H3,(H,13,14)/t7?,8-,9?/m1/s1. The second-order valence-electron chi connectivity index (χ2n) is 4.31. The van der Waals surface area contributed by atoms with Gasteiger partial charge in [-0.15, -0.1) is 0 Å². The predicted molar refractivity (Wildman–Crippen MR) is 62.0 cm³/mol. The van der Waals surface area contributed by atoms with Gasteiger partial charge in [0.1, 0.15) is 0 Å². The number of nitrogens with one attached hydrogen (secondary N) is 2. The minimum atomic E-state index is -3.52. The molecule has 0 heterocycles. The molecule has 1 amide bonds. The van der Waals surface area contributed by atoms with Gasteiger partial charge in [0.15, 0.2) is 5.95 Å². The van der Waals surface area contributed by atoms with Gasteiger partial charge in [0.25, 0.3) is 0 Å². The molecule has 2 unspecified atom stereocenters. The van der Waals surface area contributed by atoms with Crippen molar-refractivity contribution in [3.8, 4) is 0 Å². The van der Waals surface area contributed by atoms with Crippen LogP contribution in [0.1, 0.15) is 19.8 Å². The van der Waals surface area contributed by atoms with Crippen LogP contribution in [0.5, 0.6) is 0 Å². The van der Waals surface area contributed by atoms with Crippen LogP contribution in [0.3, 0.4) is 0 Å². The van der Waals surface area contributed by atoms with Crippen LogP contribution in [0, 0.1) is 11.8 Å². The normalized spacial score (nSPS) is 24.9. The molecule has 0 spiro atoms. The molecule has 1 fully saturated rings. The van der Waals surface area contributed by atoms with Crippen LogP contribution in [0.4, 0.5) is 4.39 Å². The quantitative estimate of drug-likeness (QED) is 0.685. The minimum absolute atomic E-state index is 0.0331. The molecule has 0 aromatic carbocycles. The Hall–Kier alpha value is -1.11. The minimum Gasteiger partial charge on any atom is -0.359 e. The maximum absolute atomic E-state index is 12.6. The largest absolute Gasteiger partial charge is 0.359 e. The second-order valence-corrected chi connectivity index (χ2v) is 6.06. The van der Waals surface area contributed by atoms with Crippen LogP contribution < -0.4 is 10.0 Å². The smallest absolute Gasteiger partial charge is 0.236 e. The number of rotatable bonds is 6. The fraction of sp³-hybridized carbons (Fsp3) is 0.700. The molecule has 0 aromatic heterocycles. The highest BCUT2D eigenvalue weighted by Crippen LogP contribution is 2.42. The van der Waals surface area contributed by atoms with Crippen molar-refractivity contribution in [2.45, 2.75) is 25.8 Å². The van der Waals surface area contributed by atoms with Crippen LogP contribution in [0.25, 0.3) is 0 Å². The van der Waals surface area contributed by atoms with Crippen molar-refractivity contribution < 1.29 is 17.6 Å². The SMILES string of the molecule is C=C(F)NC(CC)C1C[C@H]1C(=O)NS(C)(=O)=O. The van der Waals surface area contributed by atoms with Crippen molar-refractivity contribution >= 4 is 15.9 Å². The van der Waals surface area contributed by atoms with Gasteiger partial charge in [0.2, 0.25) is 15.9 Å². The molecule has 0 saturated heterocycles. The fourth-order valence-electron chi connectivity index (χ4n) is 1.93. The van der Waals surface area contributed by atoms with E-state index in [4.69, 9.17) is 0 Å². The molecule has 3 atom stereocenters. The Morgan fingerprint density at radius 1 is 1.59 bits per heavy atom. The third-order valence-corrected chi connectivity index (χ3v) is 3.33. The molecule has 0 aliphatic heterocycles. The lowest BCUT2D eigenvalue weighted by atomic mass is 10.1. The van der Waals surface area contributed by atoms with Crippen molar-refractivity contribution in [3.63, 3.8) is 0 Å². The van der Waals surface area contributed by atoms with Crippen LogP contribution in [-0.4, -0.2) is 26.6 Å². The summed E-state index contributed by atoms with van der Waals surface area (Å²) in [7, 11) is -3.52. The Labute approximate surface area is 101 Å². The summed E-state index contributed by atoms with van der Waals surface area (Å²) in [5, 5.41) is 2.55. The summed E-state index contributed by atoms with van der Waals surface area (Å²) in [6.07, 6.45) is 2.15. The van der Waals surface area contributed by atoms with Gasteiger partial charge in [-0.3, -0.25) is 9.52 Å². The fourth-order valence-corrected chi connectivity index (χ4v) is 2.45. The highest BCUT2D eigenvalue weighted by Gasteiger charge is 2.47. The first kappa shape index (κ1) is 14.0. The summed E-state index contributed by atoms with van der Waals surface area (Å²) in [6, 6.07) is -0.178. The summed E-state index contributed by atoms with van der Waals surface area (Å²) in [4.78, 5) is 11.5. The molecule has 1 aliphatic carbocycles. The number of amides is 1. The third-order valence-electron chi connectivity index (χ3n) is 2.76. The maximum Gasteiger partial charge on any atom is 0.236 e. The second kappa shape index (κ2) is 5.03. The van der Waals surface area contributed by atoms with Gasteiger partial charge in [-0.1, -0.05) is 6.92 Å². The molecule has 1 rings (SSSR count). The summed E-state index contributed by atoms with van der Waals surface area (Å²) in [5.41, 5.74) is 0. The molecule has 0 bridgehead atoms. The first-order chi connectivity index (χ1) is 7.74. The van der Waals surface area contributed by atoms with Gasteiger partial charge in [-0.05, 0) is 25.3 Å². The topological polar surface area (TPSA) is 75.3 Å². The molecule has 7 heteroatoms. The zero-order valence-electron chi connectivity index (χ0n) is 9.86. The highest BCUT2D eigenvalue weighted by molar-refractivity contribution is 7.89. The molecule has 5 nitrogen and oxygen atoms in total. The molecule has 17 heavy (non-hydrogen) atoms. The molecule has 0 aromatic rings. The van der Waals surface area contributed by atoms with Crippen molar-refractivity contribution in [1.29, 1.82) is 0 Å². The maximum atomic E-state index is 12.6. The Morgan fingerprint density at radius 3 is 2.59 bits per heavy atom. The summed E-state index contributed by atoms with van der Waals surface area (Å²) in [5.74, 6) is -1.54. The van der Waals surface area contributed by atoms with Gasteiger partial charge in [0.05, 0.1) is 6.26 Å². The first-order valence-corrected chi connectivity index (χ1v) is 7.26. The number of carbonyl (C=O) groups excluding carboxylic acids is 1. The summed E-state index contributed by atoms with van der Waals surface area (Å²) in [6.45, 7) is 4.97. The third kappa shape index (κ3) is 4.33. The Kier molecular flexibility index (Phi) is 4.13. The zero-order chi connectivity index (χ0) is 13.2. The van der Waals surface area contributed by atoms with Crippen molar-refractivity contribution in [3.05, 3.63) is 12.5 Å². The van der Waals surface area contributed by atoms with Gasteiger partial charge in [-0.25, -0.2) is 8.42 Å². The van der Waals surface area contributed by atoms with E-state index in [1.807, 2.05) is 11.6 Å². The summed E-state index contributed by atoms with van der Waals surface area (Å²) >= 11 is 0. The lowest BCUT2D eigenvalue weighted by Crippen LogP contribution is -2.34. The number of hydrogen-bond donors (Lipinski definition) is 2. The first-order valence-electron chi connectivity index (χ1n) is 5.37. The number of sulfonamides is 1. The van der Waals surface area contributed by atoms with E-state index >= 15 is 0 Å². The molecule has 2 N–H and O–H groups in total. The van der Waals surface area contributed by atoms with Crippen LogP contribution in [0.15, 0.2) is 12.5 Å². The zero-order valence-corrected chi connectivity index (χ0v) is 10.7. The van der Waals surface area contributed by atoms with E-state index in [0.717, 1.165) is 6.26 Å². The molecule has 1 saturated carbocycles. The van der Waals surface area contributed by atoms with E-state index in [0.29, 0.717) is 12.8 Å². The van der Waals surface area contributed by atoms with E-state index in [-0.39, 0.29) is 17.9 Å². The van der Waals surface area contributed by atoms with Crippen LogP contribution >= 0.6 is 0 Å². The van der Waals surface area contributed by atoms with E-state index in [1.54, 1.807) is 0 Å². The highest BCUT2D eigenvalue weighted by atomic mass is 32.2. The molecule has 0 radical (unpaired) electrons. The van der Waals surface area contributed by atoms with Crippen molar-refractivity contribution in [1.82, 2.24) is 10.0 Å². The Bertz CT molecular complexity index is 421. The van der Waals surface area contributed by atoms with Gasteiger partial charge in [-0.2, -0.15) is 4.39 Å². The molecule has 1 aliphatic rings. The van der Waals surface area contributed by atoms with Gasteiger partial charge < -0.3 is 5.32 Å². The van der Waals surface area contributed by atoms with E-state index < -0.39 is 21.9 Å². The van der Waals surface area contributed by atoms with Gasteiger partial charge in [0, 0.05) is 12.0 Å². The Balaban J connectivity index is 2.52. The summed E-state index contributed by atoms with van der Waals surface area (Å²) < 4.78 is 36.3. The van der Waals surface area contributed by atoms with E-state index in [2.05, 4.69) is 11.9 Å². The van der Waals surface area contributed by atoms with Gasteiger partial charge >= 0.3 is 0 Å². The lowest BCUT2D eigenvalue weighted by Gasteiger charge is -2.15. The predicted octanol–water partition coefficient (Wildman–Crippen LogP) is 0.507. The van der Waals surface area contributed by atoms with Crippen molar-refractivity contribution in [2.24, 2.45) is 11.8 Å². The molecular formula is C10H17FN2O3S. The number of hydrogen-bond acceptors (Lipinski definition) is 4. The number of halogens is 1. The van der Waals surface area contributed by atoms with Crippen molar-refractivity contribution in [2.75, 3.05) is 6.26 Å². The number of carbonyl (C=O) groups is 1. The lowest BCUT2D eigenvalue weighted by molar-refractivity contribution is -0.120.